The molecule has 0 spiro atoms. The number of amides is 1. The quantitative estimate of drug-likeness (QED) is 0.497. The summed E-state index contributed by atoms with van der Waals surface area (Å²) in [7, 11) is -3.80. The van der Waals surface area contributed by atoms with Crippen LogP contribution >= 0.6 is 0 Å². The molecule has 1 aromatic rings. The van der Waals surface area contributed by atoms with E-state index in [-0.39, 0.29) is 23.1 Å². The van der Waals surface area contributed by atoms with Crippen LogP contribution in [-0.4, -0.2) is 43.5 Å². The van der Waals surface area contributed by atoms with Gasteiger partial charge in [0.1, 0.15) is 11.6 Å². The zero-order valence-corrected chi connectivity index (χ0v) is 15.1. The number of hydrogen-bond acceptors (Lipinski definition) is 6. The van der Waals surface area contributed by atoms with Crippen molar-refractivity contribution in [3.05, 3.63) is 36.0 Å². The van der Waals surface area contributed by atoms with Crippen LogP contribution in [0, 0.1) is 11.3 Å². The van der Waals surface area contributed by atoms with E-state index < -0.39 is 15.9 Å². The maximum Gasteiger partial charge on any atom is 0.267 e. The minimum absolute atomic E-state index is 0.0506. The lowest BCUT2D eigenvalue weighted by Gasteiger charge is -2.34. The number of anilines is 1. The number of nitriles is 1. The van der Waals surface area contributed by atoms with Crippen molar-refractivity contribution in [2.45, 2.75) is 36.6 Å². The topological polar surface area (TPSA) is 137 Å². The van der Waals surface area contributed by atoms with Crippen LogP contribution in [0.3, 0.4) is 0 Å². The number of carbonyl (C=O) groups excluding carboxylic acids is 1. The van der Waals surface area contributed by atoms with Gasteiger partial charge in [0.05, 0.1) is 4.90 Å². The highest BCUT2D eigenvalue weighted by Crippen LogP contribution is 2.21. The van der Waals surface area contributed by atoms with Crippen molar-refractivity contribution >= 4 is 21.6 Å². The first-order valence-electron chi connectivity index (χ1n) is 8.28. The summed E-state index contributed by atoms with van der Waals surface area (Å²) < 4.78 is 22.5. The van der Waals surface area contributed by atoms with Gasteiger partial charge in [-0.15, -0.1) is 0 Å². The van der Waals surface area contributed by atoms with Gasteiger partial charge < -0.3 is 15.3 Å². The summed E-state index contributed by atoms with van der Waals surface area (Å²) in [6.07, 6.45) is 5.05. The van der Waals surface area contributed by atoms with Crippen molar-refractivity contribution in [2.75, 3.05) is 18.5 Å². The number of hydrogen-bond donors (Lipinski definition) is 3. The van der Waals surface area contributed by atoms with E-state index in [0.29, 0.717) is 12.1 Å². The monoisotopic (exact) mass is 378 g/mol. The first kappa shape index (κ1) is 19.9. The number of nitrogens with two attached hydrogens (primary N) is 1. The number of benzene rings is 1. The molecule has 0 radical (unpaired) electrons. The molecule has 140 valence electrons. The fraction of sp³-hybridized carbons (Fsp3) is 0.412. The summed E-state index contributed by atoms with van der Waals surface area (Å²) >= 11 is 0. The molecule has 1 aromatic carbocycles. The molecular weight excluding hydrogens is 356 g/mol. The van der Waals surface area contributed by atoms with Crippen LogP contribution in [0.2, 0.25) is 0 Å². The molecule has 1 aliphatic rings. The lowest BCUT2D eigenvalue weighted by Crippen LogP contribution is -2.37. The van der Waals surface area contributed by atoms with Crippen molar-refractivity contribution in [3.8, 4) is 6.07 Å². The molecule has 0 aromatic heterocycles. The summed E-state index contributed by atoms with van der Waals surface area (Å²) in [5.74, 6) is -0.579. The molecule has 1 saturated heterocycles. The van der Waals surface area contributed by atoms with E-state index in [2.05, 4.69) is 5.32 Å². The van der Waals surface area contributed by atoms with Crippen molar-refractivity contribution in [2.24, 2.45) is 5.14 Å². The Morgan fingerprint density at radius 3 is 2.65 bits per heavy atom. The molecule has 9 heteroatoms. The van der Waals surface area contributed by atoms with Gasteiger partial charge in [0, 0.05) is 31.1 Å². The van der Waals surface area contributed by atoms with Gasteiger partial charge in [-0.2, -0.15) is 5.26 Å². The molecule has 26 heavy (non-hydrogen) atoms. The number of nitrogens with zero attached hydrogens (tertiary/aromatic N) is 2. The Hall–Kier alpha value is -2.41. The predicted molar refractivity (Wildman–Crippen MR) is 96.2 cm³/mol. The first-order chi connectivity index (χ1) is 12.3. The molecule has 0 saturated carbocycles. The molecule has 1 heterocycles. The molecule has 0 bridgehead atoms. The van der Waals surface area contributed by atoms with Crippen molar-refractivity contribution in [1.29, 1.82) is 5.26 Å². The number of aliphatic hydroxyl groups is 1. The lowest BCUT2D eigenvalue weighted by atomic mass is 10.00. The Morgan fingerprint density at radius 2 is 2.08 bits per heavy atom. The summed E-state index contributed by atoms with van der Waals surface area (Å²) in [4.78, 5) is 14.2. The van der Waals surface area contributed by atoms with E-state index in [1.165, 1.54) is 30.5 Å². The number of aliphatic hydroxyl groups excluding tert-OH is 1. The van der Waals surface area contributed by atoms with Crippen molar-refractivity contribution in [1.82, 2.24) is 4.90 Å². The third-order valence-corrected chi connectivity index (χ3v) is 5.16. The molecule has 4 N–H and O–H groups in total. The van der Waals surface area contributed by atoms with E-state index in [1.54, 1.807) is 0 Å². The average molecular weight is 378 g/mol. The minimum atomic E-state index is -3.80. The molecule has 1 fully saturated rings. The van der Waals surface area contributed by atoms with Gasteiger partial charge in [0.2, 0.25) is 10.0 Å². The Kier molecular flexibility index (Phi) is 6.74. The largest absolute Gasteiger partial charge is 0.396 e. The van der Waals surface area contributed by atoms with Crippen LogP contribution in [-0.2, 0) is 14.8 Å². The zero-order chi connectivity index (χ0) is 19.2. The van der Waals surface area contributed by atoms with Gasteiger partial charge in [-0.25, -0.2) is 13.6 Å². The van der Waals surface area contributed by atoms with Crippen molar-refractivity contribution in [3.63, 3.8) is 0 Å². The van der Waals surface area contributed by atoms with E-state index in [0.717, 1.165) is 25.8 Å². The van der Waals surface area contributed by atoms with Gasteiger partial charge in [0.25, 0.3) is 5.91 Å². The maximum absolute atomic E-state index is 12.3. The fourth-order valence-corrected chi connectivity index (χ4v) is 3.40. The summed E-state index contributed by atoms with van der Waals surface area (Å²) in [5, 5.41) is 26.1. The Labute approximate surface area is 153 Å². The van der Waals surface area contributed by atoms with Crippen LogP contribution in [0.5, 0.6) is 0 Å². The molecular formula is C17H22N4O4S. The predicted octanol–water partition coefficient (Wildman–Crippen LogP) is 0.917. The standard InChI is InChI=1S/C17H22N4O4S/c18-11-13(12-21-9-2-1-3-15(21)8-10-22)17(23)20-14-4-6-16(7-5-14)26(19,24)25/h4-7,12,15,22H,1-3,8-10H2,(H,20,23)(H2,19,24,25)/b13-12-. The number of primary sulfonamides is 1. The van der Waals surface area contributed by atoms with Gasteiger partial charge in [-0.1, -0.05) is 0 Å². The first-order valence-corrected chi connectivity index (χ1v) is 9.82. The van der Waals surface area contributed by atoms with Crippen LogP contribution in [0.1, 0.15) is 25.7 Å². The molecule has 8 nitrogen and oxygen atoms in total. The van der Waals surface area contributed by atoms with E-state index in [1.807, 2.05) is 11.0 Å². The van der Waals surface area contributed by atoms with Crippen LogP contribution in [0.4, 0.5) is 5.69 Å². The third-order valence-electron chi connectivity index (χ3n) is 4.24. The van der Waals surface area contributed by atoms with Crippen LogP contribution in [0.15, 0.2) is 40.9 Å². The number of nitrogens with one attached hydrogen (secondary N) is 1. The number of sulfonamides is 1. The van der Waals surface area contributed by atoms with Gasteiger partial charge in [-0.3, -0.25) is 4.79 Å². The normalized spacial score (nSPS) is 18.3. The SMILES string of the molecule is N#C/C(=C/N1CCCCC1CCO)C(=O)Nc1ccc(S(N)(=O)=O)cc1. The molecule has 1 amide bonds. The van der Waals surface area contributed by atoms with Crippen LogP contribution < -0.4 is 10.5 Å². The second kappa shape index (κ2) is 8.80. The molecule has 1 atom stereocenters. The Balaban J connectivity index is 2.11. The second-order valence-electron chi connectivity index (χ2n) is 6.08. The molecule has 2 rings (SSSR count). The zero-order valence-electron chi connectivity index (χ0n) is 14.3. The highest BCUT2D eigenvalue weighted by atomic mass is 32.2. The minimum Gasteiger partial charge on any atom is -0.396 e. The number of carbonyl (C=O) groups is 1. The Bertz CT molecular complexity index is 810. The fourth-order valence-electron chi connectivity index (χ4n) is 2.88. The molecule has 1 unspecified atom stereocenters. The Morgan fingerprint density at radius 1 is 1.38 bits per heavy atom. The molecule has 1 aliphatic heterocycles. The summed E-state index contributed by atoms with van der Waals surface area (Å²) in [6, 6.07) is 7.38. The van der Waals surface area contributed by atoms with Crippen molar-refractivity contribution < 1.29 is 18.3 Å². The number of rotatable bonds is 6. The smallest absolute Gasteiger partial charge is 0.267 e. The highest BCUT2D eigenvalue weighted by Gasteiger charge is 2.21. The van der Waals surface area contributed by atoms with E-state index in [9.17, 15) is 18.5 Å². The summed E-state index contributed by atoms with van der Waals surface area (Å²) in [6.45, 7) is 0.783. The van der Waals surface area contributed by atoms with Gasteiger partial charge in [-0.05, 0) is 49.9 Å². The number of piperidine rings is 1. The van der Waals surface area contributed by atoms with Gasteiger partial charge in [0.15, 0.2) is 0 Å². The number of likely N-dealkylation sites (tertiary alicyclic amines) is 1. The maximum atomic E-state index is 12.3. The third kappa shape index (κ3) is 5.29. The highest BCUT2D eigenvalue weighted by molar-refractivity contribution is 7.89. The lowest BCUT2D eigenvalue weighted by molar-refractivity contribution is -0.112. The second-order valence-corrected chi connectivity index (χ2v) is 7.64. The van der Waals surface area contributed by atoms with E-state index >= 15 is 0 Å². The van der Waals surface area contributed by atoms with E-state index in [4.69, 9.17) is 10.2 Å². The van der Waals surface area contributed by atoms with Gasteiger partial charge >= 0.3 is 0 Å². The average Bonchev–Trinajstić information content (AvgIpc) is 2.60. The molecule has 0 aliphatic carbocycles. The van der Waals surface area contributed by atoms with Crippen LogP contribution in [0.25, 0.3) is 0 Å². The summed E-state index contributed by atoms with van der Waals surface area (Å²) in [5.41, 5.74) is 0.305.